The van der Waals surface area contributed by atoms with Crippen LogP contribution in [0, 0.1) is 84.6 Å². The van der Waals surface area contributed by atoms with Crippen LogP contribution in [0.1, 0.15) is 132 Å². The summed E-state index contributed by atoms with van der Waals surface area (Å²) in [5.41, 5.74) is 12.4. The Kier molecular flexibility index (Phi) is 28.5. The maximum Gasteiger partial charge on any atom is 0.341 e. The number of hydrogen-bond acceptors (Lipinski definition) is 16. The molecule has 0 bridgehead atoms. The van der Waals surface area contributed by atoms with E-state index in [2.05, 4.69) is 25.4 Å². The first-order valence-electron chi connectivity index (χ1n) is 35.9. The first-order valence-corrected chi connectivity index (χ1v) is 41.8. The van der Waals surface area contributed by atoms with E-state index in [0.717, 1.165) is 51.2 Å². The molecule has 0 aliphatic heterocycles. The van der Waals surface area contributed by atoms with Gasteiger partial charge in [0.2, 0.25) is 10.0 Å². The third-order valence-corrected chi connectivity index (χ3v) is 25.5. The van der Waals surface area contributed by atoms with Gasteiger partial charge in [0.1, 0.15) is 44.6 Å². The number of anilines is 9. The SMILES string of the molecule is Cc1c(Nc2ccc(I)cc2F)c2c(=O)n(C3CC3)c(C)c(-c3cccc(N)c3)c2oc1=O.Cc1c(Nc2ccc(I)cc2F)c2c(=O)n(C3CC3)c(C)c(-c3cccc(NS(=O)(=O)C(C)(C)C)c3)c2oc1=O.Cc1c(Nc2ccc(I)cc2F)c2c(=O)n(C3CC3)c(C)c(-c3cccc(NS(=O)C(C)(C)C)c3)c2oc1=O.[CH3-].[CH3-].[W].[W]. The number of rotatable bonds is 16. The third kappa shape index (κ3) is 18.7. The zero-order valence-electron chi connectivity index (χ0n) is 65.8. The minimum Gasteiger partial charge on any atom is -0.421 e. The molecule has 3 aliphatic carbocycles. The molecule has 7 N–H and O–H groups in total. The Balaban J connectivity index is 0.000000196. The molecule has 12 aromatic rings. The second-order valence-electron chi connectivity index (χ2n) is 30.1. The second kappa shape index (κ2) is 35.9. The summed E-state index contributed by atoms with van der Waals surface area (Å²) in [5.74, 6) is -1.50. The fourth-order valence-corrected chi connectivity index (χ4v) is 16.2. The van der Waals surface area contributed by atoms with Crippen LogP contribution in [0.4, 0.5) is 64.4 Å². The normalized spacial score (nSPS) is 13.5. The molecule has 1 unspecified atom stereocenters. The number of fused-ring (bicyclic) bond motifs is 3. The van der Waals surface area contributed by atoms with E-state index in [4.69, 9.17) is 19.0 Å². The standard InChI is InChI=1S/C29H29FIN3O5S.C29H29FIN3O4S.C25H21FIN3O3.2CH3.2W/c1-15-25(32-22-12-9-18(31)14-21(22)30)24-26(39-28(15)36)23(16(2)34(27(24)35)20-10-11-20)17-7-6-8-19(13-17)33-40(37,38)29(3,4)5;1-15-25(32-22-12-9-18(31)14-21(22)30)24-26(38-28(15)36)23(16(2)34(27(24)35)20-10-11-20)17-7-6-8-19(13-17)33-39(37)29(3,4)5;1-12-22(29-19-9-6-15(27)11-18(19)26)21-23(33-25(12)32)20(14-4-3-5-16(28)10-14)13(2)30(24(21)31)17-7-8-17;;;;/h6-9,12-14,20,32-33H,10-11H2,1-5H3;6-9,12-14,20,32-33H,10-11H2,1-5H3;3-6,9-11,17,29H,7-8,28H2,1-2H3;2*1H3;;/q;;;2*-1;;. The van der Waals surface area contributed by atoms with Crippen LogP contribution in [0.15, 0.2) is 169 Å². The Bertz CT molecular complexity index is 6470. The van der Waals surface area contributed by atoms with Crippen LogP contribution in [0.2, 0.25) is 0 Å². The average molecular weight is 2290 g/mol. The first kappa shape index (κ1) is 91.9. The molecule has 0 radical (unpaired) electrons. The average Bonchev–Trinajstić information content (AvgIpc) is 1.58. The zero-order chi connectivity index (χ0) is 80.8. The maximum atomic E-state index is 14.9. The summed E-state index contributed by atoms with van der Waals surface area (Å²) < 4.78 is 112. The number of benzene rings is 6. The topological polar surface area (TPSA) is 294 Å². The van der Waals surface area contributed by atoms with Crippen molar-refractivity contribution in [3.8, 4) is 33.4 Å². The van der Waals surface area contributed by atoms with Crippen molar-refractivity contribution in [2.75, 3.05) is 31.1 Å². The molecule has 6 aromatic carbocycles. The fourth-order valence-electron chi connectivity index (χ4n) is 13.4. The first-order chi connectivity index (χ1) is 52.8. The van der Waals surface area contributed by atoms with Gasteiger partial charge in [-0.15, -0.1) is 0 Å². The van der Waals surface area contributed by atoms with Gasteiger partial charge in [-0.1, -0.05) is 36.4 Å². The number of halogens is 6. The van der Waals surface area contributed by atoms with Crippen LogP contribution in [0.5, 0.6) is 0 Å². The molecule has 0 saturated heterocycles. The quantitative estimate of drug-likeness (QED) is 0.0298. The Morgan fingerprint density at radius 1 is 0.457 bits per heavy atom. The van der Waals surface area contributed by atoms with Crippen LogP contribution in [0.25, 0.3) is 66.3 Å². The summed E-state index contributed by atoms with van der Waals surface area (Å²) in [6.07, 6.45) is 5.16. The molecule has 21 nitrogen and oxygen atoms in total. The predicted octanol–water partition coefficient (Wildman–Crippen LogP) is 20.1. The minimum atomic E-state index is -3.71. The van der Waals surface area contributed by atoms with Gasteiger partial charge in [-0.05, 0) is 297 Å². The van der Waals surface area contributed by atoms with E-state index in [1.807, 2.05) is 139 Å². The molecule has 0 spiro atoms. The molecule has 3 saturated carbocycles. The molecule has 0 amide bonds. The Morgan fingerprint density at radius 3 is 1.05 bits per heavy atom. The van der Waals surface area contributed by atoms with Gasteiger partial charge in [0, 0.05) is 122 Å². The van der Waals surface area contributed by atoms with Gasteiger partial charge in [-0.25, -0.2) is 40.2 Å². The summed E-state index contributed by atoms with van der Waals surface area (Å²) in [6, 6.07) is 35.5. The van der Waals surface area contributed by atoms with Crippen molar-refractivity contribution in [3.05, 3.63) is 267 Å². The largest absolute Gasteiger partial charge is 0.421 e. The Labute approximate surface area is 740 Å². The molecule has 6 heterocycles. The van der Waals surface area contributed by atoms with E-state index in [-0.39, 0.29) is 176 Å². The molecule has 3 aliphatic rings. The monoisotopic (exact) mass is 2290 g/mol. The van der Waals surface area contributed by atoms with Gasteiger partial charge in [0.05, 0.1) is 60.3 Å². The summed E-state index contributed by atoms with van der Waals surface area (Å²) in [4.78, 5) is 80.7. The van der Waals surface area contributed by atoms with Crippen molar-refractivity contribution < 1.29 is 81.2 Å². The number of nitrogen functional groups attached to an aromatic ring is 1. The second-order valence-corrected chi connectivity index (χ2v) is 38.3. The fraction of sp³-hybridized carbons (Fsp3) is 0.271. The van der Waals surface area contributed by atoms with Gasteiger partial charge in [0.25, 0.3) is 16.7 Å². The smallest absolute Gasteiger partial charge is 0.341 e. The summed E-state index contributed by atoms with van der Waals surface area (Å²) >= 11 is 6.05. The summed E-state index contributed by atoms with van der Waals surface area (Å²) in [7, 11) is -5.06. The molecule has 6 aromatic heterocycles. The number of sulfonamides is 1. The van der Waals surface area contributed by atoms with Gasteiger partial charge < -0.3 is 68.2 Å². The van der Waals surface area contributed by atoms with Crippen LogP contribution in [-0.4, -0.2) is 35.8 Å². The van der Waals surface area contributed by atoms with E-state index in [0.29, 0.717) is 65.5 Å². The van der Waals surface area contributed by atoms with Crippen molar-refractivity contribution in [3.63, 3.8) is 0 Å². The van der Waals surface area contributed by atoms with Crippen molar-refractivity contribution in [1.29, 1.82) is 0 Å². The van der Waals surface area contributed by atoms with Gasteiger partial charge in [-0.2, -0.15) is 0 Å². The van der Waals surface area contributed by atoms with Crippen LogP contribution in [0.3, 0.4) is 0 Å². The molecular formula is C85H85F3I3N9O12S2W2-2. The van der Waals surface area contributed by atoms with Crippen molar-refractivity contribution in [2.45, 2.75) is 149 Å². The van der Waals surface area contributed by atoms with E-state index < -0.39 is 64.8 Å². The van der Waals surface area contributed by atoms with Gasteiger partial charge in [-0.3, -0.25) is 19.1 Å². The number of nitrogens with zero attached hydrogens (tertiary/aromatic N) is 3. The number of hydrogen-bond donors (Lipinski definition) is 6. The van der Waals surface area contributed by atoms with Crippen LogP contribution >= 0.6 is 67.8 Å². The molecular weight excluding hydrogens is 2210 g/mol. The van der Waals surface area contributed by atoms with Crippen molar-refractivity contribution in [2.24, 2.45) is 0 Å². The van der Waals surface area contributed by atoms with Crippen molar-refractivity contribution >= 4 is 173 Å². The molecule has 610 valence electrons. The zero-order valence-corrected chi connectivity index (χ0v) is 79.8. The molecule has 15 rings (SSSR count). The molecule has 1 atom stereocenters. The van der Waals surface area contributed by atoms with Crippen molar-refractivity contribution in [1.82, 2.24) is 13.7 Å². The molecule has 31 heteroatoms. The van der Waals surface area contributed by atoms with E-state index >= 15 is 0 Å². The van der Waals surface area contributed by atoms with E-state index in [1.165, 1.54) is 25.1 Å². The minimum absolute atomic E-state index is 0. The molecule has 116 heavy (non-hydrogen) atoms. The maximum absolute atomic E-state index is 14.9. The Hall–Kier alpha value is -7.94. The number of nitrogens with one attached hydrogen (secondary N) is 5. The van der Waals surface area contributed by atoms with Gasteiger partial charge >= 0.3 is 16.9 Å². The van der Waals surface area contributed by atoms with E-state index in [9.17, 15) is 54.6 Å². The van der Waals surface area contributed by atoms with E-state index in [1.54, 1.807) is 128 Å². The van der Waals surface area contributed by atoms with Crippen LogP contribution in [-0.2, 0) is 63.1 Å². The summed E-state index contributed by atoms with van der Waals surface area (Å²) in [6.45, 7) is 20.6. The van der Waals surface area contributed by atoms with Crippen LogP contribution < -0.4 is 64.7 Å². The predicted molar refractivity (Wildman–Crippen MR) is 478 cm³/mol. The number of pyridine rings is 3. The summed E-state index contributed by atoms with van der Waals surface area (Å²) in [5, 5.41) is 9.57. The Morgan fingerprint density at radius 2 is 0.759 bits per heavy atom. The number of nitrogens with two attached hydrogens (primary N) is 1. The third-order valence-electron chi connectivity index (χ3n) is 19.8. The molecule has 3 fully saturated rings. The number of aromatic nitrogens is 3. The van der Waals surface area contributed by atoms with Gasteiger partial charge in [0.15, 0.2) is 16.7 Å².